The van der Waals surface area contributed by atoms with Gasteiger partial charge in [-0.05, 0) is 31.5 Å². The van der Waals surface area contributed by atoms with Crippen LogP contribution in [0.25, 0.3) is 0 Å². The average Bonchev–Trinajstić information content (AvgIpc) is 2.48. The molecule has 0 amide bonds. The molecule has 0 aliphatic heterocycles. The summed E-state index contributed by atoms with van der Waals surface area (Å²) in [6.07, 6.45) is 2.43. The molecule has 1 aromatic rings. The lowest BCUT2D eigenvalue weighted by molar-refractivity contribution is 0.484. The predicted molar refractivity (Wildman–Crippen MR) is 88.6 cm³/mol. The van der Waals surface area contributed by atoms with Crippen LogP contribution in [0.1, 0.15) is 46.2 Å². The number of hydrogen-bond acceptors (Lipinski definition) is 3. The highest BCUT2D eigenvalue weighted by atomic mass is 35.5. The third-order valence-electron chi connectivity index (χ3n) is 3.79. The van der Waals surface area contributed by atoms with Gasteiger partial charge in [0.15, 0.2) is 0 Å². The molecule has 3 nitrogen and oxygen atoms in total. The van der Waals surface area contributed by atoms with Gasteiger partial charge in [-0.1, -0.05) is 45.2 Å². The van der Waals surface area contributed by atoms with Crippen molar-refractivity contribution in [1.29, 1.82) is 0 Å². The summed E-state index contributed by atoms with van der Waals surface area (Å²) >= 11 is 6.22. The molecule has 0 aliphatic carbocycles. The lowest BCUT2D eigenvalue weighted by Gasteiger charge is -2.27. The second-order valence-electron chi connectivity index (χ2n) is 5.10. The fraction of sp³-hybridized carbons (Fsp3) is 0.688. The Labute approximate surface area is 128 Å². The van der Waals surface area contributed by atoms with E-state index in [0.29, 0.717) is 0 Å². The summed E-state index contributed by atoms with van der Waals surface area (Å²) in [5.41, 5.74) is 0.939. The van der Waals surface area contributed by atoms with E-state index in [0.717, 1.165) is 48.6 Å². The van der Waals surface area contributed by atoms with E-state index in [2.05, 4.69) is 37.9 Å². The van der Waals surface area contributed by atoms with Crippen molar-refractivity contribution in [2.24, 2.45) is 5.92 Å². The monoisotopic (exact) mass is 297 g/mol. The Morgan fingerprint density at radius 2 is 1.90 bits per heavy atom. The zero-order valence-electron chi connectivity index (χ0n) is 13.2. The van der Waals surface area contributed by atoms with Crippen molar-refractivity contribution >= 4 is 17.4 Å². The molecular weight excluding hydrogens is 270 g/mol. The average molecular weight is 298 g/mol. The molecule has 0 bridgehead atoms. The summed E-state index contributed by atoms with van der Waals surface area (Å²) in [7, 11) is 0. The number of anilines is 1. The fourth-order valence-corrected chi connectivity index (χ4v) is 2.43. The molecule has 4 heteroatoms. The van der Waals surface area contributed by atoms with Crippen LogP contribution in [0.4, 0.5) is 5.82 Å². The number of rotatable bonds is 9. The summed E-state index contributed by atoms with van der Waals surface area (Å²) in [5.74, 6) is 1.77. The van der Waals surface area contributed by atoms with Crippen LogP contribution in [0.2, 0.25) is 5.02 Å². The molecule has 1 heterocycles. The molecular formula is C16H28ClN3. The minimum Gasteiger partial charge on any atom is -0.357 e. The first-order chi connectivity index (χ1) is 9.65. The highest BCUT2D eigenvalue weighted by molar-refractivity contribution is 6.31. The largest absolute Gasteiger partial charge is 0.357 e. The van der Waals surface area contributed by atoms with Crippen molar-refractivity contribution in [2.75, 3.05) is 24.5 Å². The summed E-state index contributed by atoms with van der Waals surface area (Å²) in [6.45, 7) is 12.5. The molecule has 0 spiro atoms. The van der Waals surface area contributed by atoms with Crippen LogP contribution < -0.4 is 10.2 Å². The molecule has 1 aromatic heterocycles. The second-order valence-corrected chi connectivity index (χ2v) is 5.51. The van der Waals surface area contributed by atoms with Gasteiger partial charge in [0.1, 0.15) is 5.82 Å². The van der Waals surface area contributed by atoms with Crippen molar-refractivity contribution in [2.45, 2.75) is 47.1 Å². The van der Waals surface area contributed by atoms with Crippen molar-refractivity contribution in [3.63, 3.8) is 0 Å². The first kappa shape index (κ1) is 17.3. The smallest absolute Gasteiger partial charge is 0.128 e. The number of halogens is 1. The number of nitrogens with one attached hydrogen (secondary N) is 1. The topological polar surface area (TPSA) is 28.2 Å². The number of nitrogens with zero attached hydrogens (tertiary/aromatic N) is 2. The maximum absolute atomic E-state index is 6.22. The number of hydrogen-bond donors (Lipinski definition) is 1. The Bertz CT molecular complexity index is 391. The SMILES string of the molecule is CCNCc1nc(N(CC)CC(CC)CC)ccc1Cl. The Hall–Kier alpha value is -0.800. The summed E-state index contributed by atoms with van der Waals surface area (Å²) < 4.78 is 0. The third kappa shape index (κ3) is 4.95. The van der Waals surface area contributed by atoms with E-state index in [1.54, 1.807) is 0 Å². The van der Waals surface area contributed by atoms with Gasteiger partial charge in [-0.15, -0.1) is 0 Å². The second kappa shape index (κ2) is 9.19. The van der Waals surface area contributed by atoms with E-state index in [4.69, 9.17) is 16.6 Å². The molecule has 0 aliphatic rings. The minimum atomic E-state index is 0.727. The van der Waals surface area contributed by atoms with Crippen LogP contribution in [-0.4, -0.2) is 24.6 Å². The van der Waals surface area contributed by atoms with E-state index in [1.807, 2.05) is 12.1 Å². The minimum absolute atomic E-state index is 0.727. The molecule has 0 radical (unpaired) electrons. The first-order valence-electron chi connectivity index (χ1n) is 7.77. The van der Waals surface area contributed by atoms with Gasteiger partial charge in [0.25, 0.3) is 0 Å². The maximum Gasteiger partial charge on any atom is 0.128 e. The van der Waals surface area contributed by atoms with Gasteiger partial charge in [-0.3, -0.25) is 0 Å². The van der Waals surface area contributed by atoms with Gasteiger partial charge >= 0.3 is 0 Å². The Balaban J connectivity index is 2.86. The molecule has 0 saturated heterocycles. The fourth-order valence-electron chi connectivity index (χ4n) is 2.26. The standard InChI is InChI=1S/C16H28ClN3/c1-5-13(6-2)12-20(8-4)16-10-9-14(17)15(19-16)11-18-7-3/h9-10,13,18H,5-8,11-12H2,1-4H3. The van der Waals surface area contributed by atoms with Crippen molar-refractivity contribution < 1.29 is 0 Å². The molecule has 0 aromatic carbocycles. The summed E-state index contributed by atoms with van der Waals surface area (Å²) in [4.78, 5) is 7.08. The van der Waals surface area contributed by atoms with Crippen molar-refractivity contribution in [1.82, 2.24) is 10.3 Å². The van der Waals surface area contributed by atoms with E-state index < -0.39 is 0 Å². The van der Waals surface area contributed by atoms with E-state index >= 15 is 0 Å². The van der Waals surface area contributed by atoms with Crippen molar-refractivity contribution in [3.05, 3.63) is 22.8 Å². The predicted octanol–water partition coefficient (Wildman–Crippen LogP) is 4.11. The highest BCUT2D eigenvalue weighted by Crippen LogP contribution is 2.21. The molecule has 0 fully saturated rings. The van der Waals surface area contributed by atoms with Crippen LogP contribution in [0.15, 0.2) is 12.1 Å². The maximum atomic E-state index is 6.22. The zero-order chi connectivity index (χ0) is 15.0. The highest BCUT2D eigenvalue weighted by Gasteiger charge is 2.13. The molecule has 20 heavy (non-hydrogen) atoms. The van der Waals surface area contributed by atoms with Crippen LogP contribution in [0, 0.1) is 5.92 Å². The zero-order valence-corrected chi connectivity index (χ0v) is 14.0. The van der Waals surface area contributed by atoms with Gasteiger partial charge in [-0.2, -0.15) is 0 Å². The summed E-state index contributed by atoms with van der Waals surface area (Å²) in [5, 5.41) is 4.03. The number of aromatic nitrogens is 1. The molecule has 1 rings (SSSR count). The lowest BCUT2D eigenvalue weighted by atomic mass is 10.0. The lowest BCUT2D eigenvalue weighted by Crippen LogP contribution is -2.30. The van der Waals surface area contributed by atoms with Gasteiger partial charge in [0, 0.05) is 19.6 Å². The molecule has 114 valence electrons. The van der Waals surface area contributed by atoms with Gasteiger partial charge in [-0.25, -0.2) is 4.98 Å². The summed E-state index contributed by atoms with van der Waals surface area (Å²) in [6, 6.07) is 4.00. The Morgan fingerprint density at radius 3 is 2.45 bits per heavy atom. The third-order valence-corrected chi connectivity index (χ3v) is 4.13. The van der Waals surface area contributed by atoms with Crippen LogP contribution >= 0.6 is 11.6 Å². The quantitative estimate of drug-likeness (QED) is 0.743. The first-order valence-corrected chi connectivity index (χ1v) is 8.14. The molecule has 0 atom stereocenters. The van der Waals surface area contributed by atoms with Crippen LogP contribution in [0.5, 0.6) is 0 Å². The molecule has 0 unspecified atom stereocenters. The van der Waals surface area contributed by atoms with E-state index in [9.17, 15) is 0 Å². The van der Waals surface area contributed by atoms with Crippen LogP contribution in [0.3, 0.4) is 0 Å². The Kier molecular flexibility index (Phi) is 7.93. The Morgan fingerprint density at radius 1 is 1.20 bits per heavy atom. The van der Waals surface area contributed by atoms with Crippen LogP contribution in [-0.2, 0) is 6.54 Å². The van der Waals surface area contributed by atoms with Crippen molar-refractivity contribution in [3.8, 4) is 0 Å². The van der Waals surface area contributed by atoms with Gasteiger partial charge in [0.05, 0.1) is 10.7 Å². The van der Waals surface area contributed by atoms with Gasteiger partial charge < -0.3 is 10.2 Å². The van der Waals surface area contributed by atoms with Gasteiger partial charge in [0.2, 0.25) is 0 Å². The normalized spacial score (nSPS) is 11.1. The molecule has 1 N–H and O–H groups in total. The van der Waals surface area contributed by atoms with E-state index in [1.165, 1.54) is 12.8 Å². The number of pyridine rings is 1. The molecule has 0 saturated carbocycles. The van der Waals surface area contributed by atoms with E-state index in [-0.39, 0.29) is 0 Å².